The lowest BCUT2D eigenvalue weighted by molar-refractivity contribution is 0.184. The monoisotopic (exact) mass is 360 g/mol. The number of phenolic OH excluding ortho intramolecular Hbond substituents is 1. The molecule has 1 aromatic carbocycles. The van der Waals surface area contributed by atoms with Crippen LogP contribution in [0.4, 0.5) is 4.79 Å². The van der Waals surface area contributed by atoms with Gasteiger partial charge in [-0.2, -0.15) is 0 Å². The molecule has 1 aliphatic rings. The van der Waals surface area contributed by atoms with Gasteiger partial charge in [0.15, 0.2) is 11.5 Å². The molecule has 2 heterocycles. The third kappa shape index (κ3) is 3.90. The van der Waals surface area contributed by atoms with Crippen LogP contribution < -0.4 is 10.1 Å². The van der Waals surface area contributed by atoms with Gasteiger partial charge >= 0.3 is 6.03 Å². The summed E-state index contributed by atoms with van der Waals surface area (Å²) in [5.74, 6) is 0.610. The molecule has 0 fully saturated rings. The van der Waals surface area contributed by atoms with Crippen molar-refractivity contribution in [3.8, 4) is 21.9 Å². The van der Waals surface area contributed by atoms with E-state index in [1.54, 1.807) is 22.3 Å². The summed E-state index contributed by atoms with van der Waals surface area (Å²) in [6.07, 6.45) is 0.884. The maximum Gasteiger partial charge on any atom is 0.318 e. The van der Waals surface area contributed by atoms with Gasteiger partial charge in [0.2, 0.25) is 0 Å². The lowest BCUT2D eigenvalue weighted by Gasteiger charge is -2.23. The molecular formula is C19H24N2O3S. The van der Waals surface area contributed by atoms with E-state index < -0.39 is 0 Å². The maximum absolute atomic E-state index is 12.5. The number of carbonyl (C=O) groups excluding carboxylic acids is 1. The average Bonchev–Trinajstić information content (AvgIpc) is 2.89. The predicted octanol–water partition coefficient (Wildman–Crippen LogP) is 4.13. The molecule has 1 unspecified atom stereocenters. The molecule has 5 nitrogen and oxygen atoms in total. The van der Waals surface area contributed by atoms with Crippen LogP contribution in [-0.2, 0) is 6.54 Å². The molecule has 2 amide bonds. The second kappa shape index (κ2) is 7.35. The van der Waals surface area contributed by atoms with Gasteiger partial charge in [0.05, 0.1) is 13.1 Å². The number of thiophene rings is 1. The van der Waals surface area contributed by atoms with Crippen LogP contribution >= 0.6 is 11.3 Å². The van der Waals surface area contributed by atoms with Crippen LogP contribution in [0.3, 0.4) is 0 Å². The van der Waals surface area contributed by atoms with Gasteiger partial charge in [0.1, 0.15) is 6.61 Å². The lowest BCUT2D eigenvalue weighted by Crippen LogP contribution is -2.44. The Hall–Kier alpha value is -2.21. The molecule has 0 spiro atoms. The van der Waals surface area contributed by atoms with Crippen LogP contribution in [-0.4, -0.2) is 35.2 Å². The Morgan fingerprint density at radius 2 is 2.24 bits per heavy atom. The molecule has 3 rings (SSSR count). The number of hydrogen-bond acceptors (Lipinski definition) is 4. The van der Waals surface area contributed by atoms with E-state index in [-0.39, 0.29) is 17.8 Å². The van der Waals surface area contributed by atoms with Crippen LogP contribution in [0, 0.1) is 6.92 Å². The zero-order valence-corrected chi connectivity index (χ0v) is 15.7. The van der Waals surface area contributed by atoms with Crippen molar-refractivity contribution in [2.24, 2.45) is 0 Å². The van der Waals surface area contributed by atoms with E-state index >= 15 is 0 Å². The summed E-state index contributed by atoms with van der Waals surface area (Å²) in [6.45, 7) is 7.36. The number of ether oxygens (including phenoxy) is 1. The number of nitrogens with zero attached hydrogens (tertiary/aromatic N) is 1. The molecule has 0 radical (unpaired) electrons. The Morgan fingerprint density at radius 1 is 1.44 bits per heavy atom. The minimum atomic E-state index is -0.0948. The molecule has 1 atom stereocenters. The van der Waals surface area contributed by atoms with E-state index in [1.807, 2.05) is 26.0 Å². The van der Waals surface area contributed by atoms with Gasteiger partial charge in [-0.15, -0.1) is 11.3 Å². The minimum Gasteiger partial charge on any atom is -0.504 e. The van der Waals surface area contributed by atoms with Gasteiger partial charge in [-0.1, -0.05) is 6.92 Å². The Balaban J connectivity index is 1.89. The molecule has 0 saturated heterocycles. The van der Waals surface area contributed by atoms with E-state index in [0.29, 0.717) is 25.4 Å². The first-order chi connectivity index (χ1) is 12.0. The smallest absolute Gasteiger partial charge is 0.318 e. The maximum atomic E-state index is 12.5. The molecule has 134 valence electrons. The van der Waals surface area contributed by atoms with Crippen molar-refractivity contribution < 1.29 is 14.6 Å². The minimum absolute atomic E-state index is 0.0948. The summed E-state index contributed by atoms with van der Waals surface area (Å²) >= 11 is 1.68. The molecule has 1 aliphatic heterocycles. The third-order valence-electron chi connectivity index (χ3n) is 4.41. The van der Waals surface area contributed by atoms with Gasteiger partial charge in [0, 0.05) is 21.4 Å². The number of benzene rings is 1. The number of aromatic hydroxyl groups is 1. The van der Waals surface area contributed by atoms with Crippen molar-refractivity contribution in [3.63, 3.8) is 0 Å². The number of fused-ring (bicyclic) bond motifs is 1. The van der Waals surface area contributed by atoms with Crippen molar-refractivity contribution in [2.75, 3.05) is 13.2 Å². The highest BCUT2D eigenvalue weighted by Gasteiger charge is 2.23. The summed E-state index contributed by atoms with van der Waals surface area (Å²) in [5, 5.41) is 13.4. The molecule has 0 bridgehead atoms. The predicted molar refractivity (Wildman–Crippen MR) is 100 cm³/mol. The number of carbonyl (C=O) groups is 1. The number of rotatable bonds is 3. The second-order valence-electron chi connectivity index (χ2n) is 6.42. The van der Waals surface area contributed by atoms with Crippen LogP contribution in [0.5, 0.6) is 11.5 Å². The van der Waals surface area contributed by atoms with E-state index in [1.165, 1.54) is 4.88 Å². The SMILES string of the molecule is CCC(C)NC(=O)N1CCOc2c(O)cc(-c3ccc(C)s3)cc2C1. The van der Waals surface area contributed by atoms with Crippen molar-refractivity contribution in [1.82, 2.24) is 10.2 Å². The highest BCUT2D eigenvalue weighted by atomic mass is 32.1. The summed E-state index contributed by atoms with van der Waals surface area (Å²) < 4.78 is 5.72. The Morgan fingerprint density at radius 3 is 2.92 bits per heavy atom. The molecule has 2 aromatic rings. The highest BCUT2D eigenvalue weighted by Crippen LogP contribution is 2.39. The summed E-state index contributed by atoms with van der Waals surface area (Å²) in [4.78, 5) is 16.5. The number of amides is 2. The normalized spacial score (nSPS) is 15.1. The zero-order chi connectivity index (χ0) is 18.0. The lowest BCUT2D eigenvalue weighted by atomic mass is 10.1. The molecule has 25 heavy (non-hydrogen) atoms. The van der Waals surface area contributed by atoms with E-state index in [0.717, 1.165) is 22.4 Å². The average molecular weight is 360 g/mol. The molecule has 0 saturated carbocycles. The molecule has 1 aromatic heterocycles. The van der Waals surface area contributed by atoms with Gasteiger partial charge < -0.3 is 20.1 Å². The van der Waals surface area contributed by atoms with Crippen LogP contribution in [0.15, 0.2) is 24.3 Å². The third-order valence-corrected chi connectivity index (χ3v) is 5.46. The number of aryl methyl sites for hydroxylation is 1. The molecule has 2 N–H and O–H groups in total. The van der Waals surface area contributed by atoms with E-state index in [4.69, 9.17) is 4.74 Å². The largest absolute Gasteiger partial charge is 0.504 e. The molecule has 0 aliphatic carbocycles. The van der Waals surface area contributed by atoms with Gasteiger partial charge in [-0.05, 0) is 50.1 Å². The fourth-order valence-electron chi connectivity index (χ4n) is 2.81. The number of nitrogens with one attached hydrogen (secondary N) is 1. The van der Waals surface area contributed by atoms with Gasteiger partial charge in [-0.3, -0.25) is 0 Å². The van der Waals surface area contributed by atoms with Crippen molar-refractivity contribution >= 4 is 17.4 Å². The quantitative estimate of drug-likeness (QED) is 0.865. The fraction of sp³-hybridized carbons (Fsp3) is 0.421. The van der Waals surface area contributed by atoms with Gasteiger partial charge in [-0.25, -0.2) is 4.79 Å². The van der Waals surface area contributed by atoms with Crippen LogP contribution in [0.25, 0.3) is 10.4 Å². The van der Waals surface area contributed by atoms with E-state index in [2.05, 4.69) is 18.3 Å². The summed E-state index contributed by atoms with van der Waals surface area (Å²) in [5.41, 5.74) is 1.78. The Bertz CT molecular complexity index is 772. The zero-order valence-electron chi connectivity index (χ0n) is 14.8. The highest BCUT2D eigenvalue weighted by molar-refractivity contribution is 7.15. The number of phenols is 1. The summed E-state index contributed by atoms with van der Waals surface area (Å²) in [7, 11) is 0. The fourth-order valence-corrected chi connectivity index (χ4v) is 3.66. The Kier molecular flexibility index (Phi) is 5.18. The topological polar surface area (TPSA) is 61.8 Å². The van der Waals surface area contributed by atoms with Crippen molar-refractivity contribution in [1.29, 1.82) is 0 Å². The first kappa shape index (κ1) is 17.6. The van der Waals surface area contributed by atoms with Crippen LogP contribution in [0.2, 0.25) is 0 Å². The standard InChI is InChI=1S/C19H24N2O3S/c1-4-12(2)20-19(23)21-7-8-24-18-15(11-21)9-14(10-16(18)22)17-6-5-13(3)25-17/h5-6,9-10,12,22H,4,7-8,11H2,1-3H3,(H,20,23). The second-order valence-corrected chi connectivity index (χ2v) is 7.71. The van der Waals surface area contributed by atoms with Gasteiger partial charge in [0.25, 0.3) is 0 Å². The molecule has 6 heteroatoms. The van der Waals surface area contributed by atoms with E-state index in [9.17, 15) is 9.90 Å². The van der Waals surface area contributed by atoms with Crippen LogP contribution in [0.1, 0.15) is 30.7 Å². The molecular weight excluding hydrogens is 336 g/mol. The Labute approximate surface area is 152 Å². The van der Waals surface area contributed by atoms with Crippen molar-refractivity contribution in [2.45, 2.75) is 39.8 Å². The van der Waals surface area contributed by atoms with Crippen molar-refractivity contribution in [3.05, 3.63) is 34.7 Å². The first-order valence-electron chi connectivity index (χ1n) is 8.59. The number of hydrogen-bond donors (Lipinski definition) is 2. The summed E-state index contributed by atoms with van der Waals surface area (Å²) in [6, 6.07) is 7.89. The first-order valence-corrected chi connectivity index (χ1v) is 9.40. The number of urea groups is 1.